The van der Waals surface area contributed by atoms with Gasteiger partial charge in [0.2, 0.25) is 0 Å². The highest BCUT2D eigenvalue weighted by Crippen LogP contribution is 2.32. The molecule has 0 saturated carbocycles. The first-order valence-electron chi connectivity index (χ1n) is 8.62. The highest BCUT2D eigenvalue weighted by atomic mass is 35.5. The van der Waals surface area contributed by atoms with E-state index in [0.29, 0.717) is 23.0 Å². The minimum atomic E-state index is 0.413. The standard InChI is InChI=1S/C22H13ClN4O/c1-2-14-7-8-18-16(9-14)21(15-5-3-4-6-17(15)23)25-10-19-22(26-12-27(18)19)20-11-24-13-28-20/h1,3-9,11-13H,10H2. The van der Waals surface area contributed by atoms with E-state index in [9.17, 15) is 0 Å². The Bertz CT molecular complexity index is 1260. The average molecular weight is 385 g/mol. The van der Waals surface area contributed by atoms with Crippen molar-refractivity contribution in [3.05, 3.63) is 88.8 Å². The summed E-state index contributed by atoms with van der Waals surface area (Å²) in [7, 11) is 0. The Kier molecular flexibility index (Phi) is 3.85. The maximum atomic E-state index is 6.49. The number of nitrogens with zero attached hydrogens (tertiary/aromatic N) is 4. The van der Waals surface area contributed by atoms with Crippen molar-refractivity contribution in [1.82, 2.24) is 14.5 Å². The van der Waals surface area contributed by atoms with Crippen LogP contribution < -0.4 is 0 Å². The predicted molar refractivity (Wildman–Crippen MR) is 108 cm³/mol. The van der Waals surface area contributed by atoms with E-state index in [4.69, 9.17) is 27.4 Å². The Balaban J connectivity index is 1.78. The Morgan fingerprint density at radius 3 is 2.82 bits per heavy atom. The Morgan fingerprint density at radius 1 is 1.14 bits per heavy atom. The topological polar surface area (TPSA) is 56.2 Å². The largest absolute Gasteiger partial charge is 0.442 e. The van der Waals surface area contributed by atoms with Crippen molar-refractivity contribution >= 4 is 17.3 Å². The first-order valence-corrected chi connectivity index (χ1v) is 9.00. The average Bonchev–Trinajstić information content (AvgIpc) is 3.36. The van der Waals surface area contributed by atoms with Crippen molar-refractivity contribution in [1.29, 1.82) is 0 Å². The quantitative estimate of drug-likeness (QED) is 0.478. The molecule has 0 amide bonds. The van der Waals surface area contributed by atoms with Gasteiger partial charge in [-0.15, -0.1) is 6.42 Å². The molecule has 6 heteroatoms. The van der Waals surface area contributed by atoms with Gasteiger partial charge in [0.15, 0.2) is 12.2 Å². The van der Waals surface area contributed by atoms with E-state index in [0.717, 1.165) is 33.8 Å². The van der Waals surface area contributed by atoms with E-state index in [1.54, 1.807) is 12.5 Å². The normalized spacial score (nSPS) is 12.5. The fourth-order valence-corrected chi connectivity index (χ4v) is 3.64. The smallest absolute Gasteiger partial charge is 0.181 e. The summed E-state index contributed by atoms with van der Waals surface area (Å²) in [6, 6.07) is 13.5. The van der Waals surface area contributed by atoms with Gasteiger partial charge < -0.3 is 4.42 Å². The number of hydrogen-bond donors (Lipinski definition) is 0. The predicted octanol–water partition coefficient (Wildman–Crippen LogP) is 4.51. The molecule has 0 fully saturated rings. The molecule has 1 aliphatic heterocycles. The van der Waals surface area contributed by atoms with E-state index in [2.05, 4.69) is 15.9 Å². The number of hydrogen-bond acceptors (Lipinski definition) is 4. The maximum Gasteiger partial charge on any atom is 0.181 e. The van der Waals surface area contributed by atoms with Crippen LogP contribution in [0, 0.1) is 12.3 Å². The molecular formula is C22H13ClN4O. The summed E-state index contributed by atoms with van der Waals surface area (Å²) >= 11 is 6.49. The number of fused-ring (bicyclic) bond motifs is 3. The Labute approximate surface area is 166 Å². The van der Waals surface area contributed by atoms with Gasteiger partial charge in [0.25, 0.3) is 0 Å². The molecule has 1 aliphatic rings. The van der Waals surface area contributed by atoms with Crippen LogP contribution in [0.25, 0.3) is 17.1 Å². The molecule has 0 unspecified atom stereocenters. The van der Waals surface area contributed by atoms with Crippen LogP contribution in [0.4, 0.5) is 0 Å². The Morgan fingerprint density at radius 2 is 2.04 bits per heavy atom. The van der Waals surface area contributed by atoms with Gasteiger partial charge in [-0.2, -0.15) is 0 Å². The molecule has 0 aliphatic carbocycles. The van der Waals surface area contributed by atoms with Crippen molar-refractivity contribution in [2.75, 3.05) is 0 Å². The van der Waals surface area contributed by atoms with Crippen molar-refractivity contribution in [3.8, 4) is 29.5 Å². The summed E-state index contributed by atoms with van der Waals surface area (Å²) in [4.78, 5) is 13.4. The lowest BCUT2D eigenvalue weighted by Crippen LogP contribution is -2.08. The molecule has 0 spiro atoms. The van der Waals surface area contributed by atoms with Crippen molar-refractivity contribution < 1.29 is 4.42 Å². The molecule has 0 N–H and O–H groups in total. The van der Waals surface area contributed by atoms with E-state index in [1.807, 2.05) is 47.0 Å². The van der Waals surface area contributed by atoms with Crippen LogP contribution in [0.3, 0.4) is 0 Å². The van der Waals surface area contributed by atoms with Gasteiger partial charge in [-0.3, -0.25) is 9.56 Å². The van der Waals surface area contributed by atoms with Crippen LogP contribution >= 0.6 is 11.6 Å². The summed E-state index contributed by atoms with van der Waals surface area (Å²) in [5.41, 5.74) is 5.90. The first-order chi connectivity index (χ1) is 13.8. The monoisotopic (exact) mass is 384 g/mol. The number of benzene rings is 2. The fraction of sp³-hybridized carbons (Fsp3) is 0.0455. The van der Waals surface area contributed by atoms with Crippen LogP contribution in [0.2, 0.25) is 5.02 Å². The van der Waals surface area contributed by atoms with E-state index in [-0.39, 0.29) is 0 Å². The van der Waals surface area contributed by atoms with Gasteiger partial charge in [0, 0.05) is 21.7 Å². The fourth-order valence-electron chi connectivity index (χ4n) is 3.42. The SMILES string of the molecule is C#Cc1ccc2c(c1)C(c1ccccc1Cl)=NCc1c(-c3cnco3)ncn1-2. The van der Waals surface area contributed by atoms with Crippen LogP contribution in [0.15, 0.2) is 70.8 Å². The molecule has 134 valence electrons. The summed E-state index contributed by atoms with van der Waals surface area (Å²) in [5, 5.41) is 0.637. The van der Waals surface area contributed by atoms with Gasteiger partial charge in [-0.05, 0) is 24.3 Å². The lowest BCUT2D eigenvalue weighted by Gasteiger charge is -2.13. The number of oxazole rings is 1. The van der Waals surface area contributed by atoms with E-state index >= 15 is 0 Å². The second-order valence-electron chi connectivity index (χ2n) is 6.30. The summed E-state index contributed by atoms with van der Waals surface area (Å²) in [6.45, 7) is 0.413. The van der Waals surface area contributed by atoms with E-state index in [1.165, 1.54) is 6.39 Å². The molecule has 0 atom stereocenters. The number of aromatic nitrogens is 3. The third kappa shape index (κ3) is 2.55. The summed E-state index contributed by atoms with van der Waals surface area (Å²) in [6.07, 6.45) is 10.5. The lowest BCUT2D eigenvalue weighted by molar-refractivity contribution is 0.569. The summed E-state index contributed by atoms with van der Waals surface area (Å²) < 4.78 is 7.47. The molecule has 0 saturated heterocycles. The molecule has 2 aromatic carbocycles. The molecule has 5 nitrogen and oxygen atoms in total. The molecule has 28 heavy (non-hydrogen) atoms. The van der Waals surface area contributed by atoms with Gasteiger partial charge in [-0.1, -0.05) is 35.7 Å². The molecule has 5 rings (SSSR count). The van der Waals surface area contributed by atoms with Crippen LogP contribution in [-0.4, -0.2) is 20.2 Å². The highest BCUT2D eigenvalue weighted by Gasteiger charge is 2.24. The second kappa shape index (κ2) is 6.52. The third-order valence-electron chi connectivity index (χ3n) is 4.73. The number of imidazole rings is 1. The van der Waals surface area contributed by atoms with Gasteiger partial charge in [-0.25, -0.2) is 9.97 Å². The zero-order chi connectivity index (χ0) is 19.1. The van der Waals surface area contributed by atoms with Gasteiger partial charge >= 0.3 is 0 Å². The minimum Gasteiger partial charge on any atom is -0.442 e. The second-order valence-corrected chi connectivity index (χ2v) is 6.70. The van der Waals surface area contributed by atoms with E-state index < -0.39 is 0 Å². The minimum absolute atomic E-state index is 0.413. The molecule has 0 radical (unpaired) electrons. The van der Waals surface area contributed by atoms with Crippen molar-refractivity contribution in [2.45, 2.75) is 6.54 Å². The number of halogens is 1. The molecule has 3 heterocycles. The molecule has 4 aromatic rings. The maximum absolute atomic E-state index is 6.49. The first kappa shape index (κ1) is 16.5. The van der Waals surface area contributed by atoms with Crippen LogP contribution in [-0.2, 0) is 6.54 Å². The van der Waals surface area contributed by atoms with Crippen molar-refractivity contribution in [3.63, 3.8) is 0 Å². The Hall–Kier alpha value is -3.62. The van der Waals surface area contributed by atoms with Crippen LogP contribution in [0.5, 0.6) is 0 Å². The molecule has 2 aromatic heterocycles. The summed E-state index contributed by atoms with van der Waals surface area (Å²) in [5.74, 6) is 3.30. The lowest BCUT2D eigenvalue weighted by atomic mass is 9.98. The zero-order valence-electron chi connectivity index (χ0n) is 14.6. The zero-order valence-corrected chi connectivity index (χ0v) is 15.4. The molecule has 0 bridgehead atoms. The number of terminal acetylenes is 1. The van der Waals surface area contributed by atoms with Gasteiger partial charge in [0.1, 0.15) is 12.0 Å². The van der Waals surface area contributed by atoms with Gasteiger partial charge in [0.05, 0.1) is 29.8 Å². The van der Waals surface area contributed by atoms with Crippen molar-refractivity contribution in [2.24, 2.45) is 4.99 Å². The number of rotatable bonds is 2. The third-order valence-corrected chi connectivity index (χ3v) is 5.06. The highest BCUT2D eigenvalue weighted by molar-refractivity contribution is 6.35. The number of aliphatic imine (C=N–C) groups is 1. The van der Waals surface area contributed by atoms with Crippen LogP contribution in [0.1, 0.15) is 22.4 Å². The molecular weight excluding hydrogens is 372 g/mol.